The molecule has 0 aromatic carbocycles. The standard InChI is InChI=1S/C16H19N5O6/c1-8(22)20-15-14-16(18-6-17-15)21(7-19-14)13-4-11(26-10(3)24)12(27-13)5-25-9(2)23/h6-7,11-13H,4-5H2,1-3H3,(H,17,18,20,22)/t11-,12-,13-/m0/s1. The molecule has 1 N–H and O–H groups in total. The maximum atomic E-state index is 11.4. The van der Waals surface area contributed by atoms with Crippen LogP contribution in [-0.2, 0) is 28.6 Å². The second-order valence-electron chi connectivity index (χ2n) is 6.04. The number of hydrogen-bond acceptors (Lipinski definition) is 9. The van der Waals surface area contributed by atoms with Crippen LogP contribution in [0.3, 0.4) is 0 Å². The fraction of sp³-hybridized carbons (Fsp3) is 0.500. The van der Waals surface area contributed by atoms with Gasteiger partial charge in [-0.15, -0.1) is 0 Å². The second kappa shape index (κ2) is 7.66. The van der Waals surface area contributed by atoms with Crippen molar-refractivity contribution in [3.05, 3.63) is 12.7 Å². The van der Waals surface area contributed by atoms with Gasteiger partial charge in [0.15, 0.2) is 17.0 Å². The molecule has 2 aromatic rings. The lowest BCUT2D eigenvalue weighted by atomic mass is 10.2. The Morgan fingerprint density at radius 2 is 2.00 bits per heavy atom. The molecular weight excluding hydrogens is 358 g/mol. The second-order valence-corrected chi connectivity index (χ2v) is 6.04. The van der Waals surface area contributed by atoms with Crippen molar-refractivity contribution in [2.75, 3.05) is 11.9 Å². The molecule has 1 aliphatic rings. The Labute approximate surface area is 154 Å². The predicted octanol–water partition coefficient (Wildman–Crippen LogP) is 0.567. The molecule has 1 saturated heterocycles. The van der Waals surface area contributed by atoms with Crippen LogP contribution in [0.25, 0.3) is 11.2 Å². The fourth-order valence-electron chi connectivity index (χ4n) is 2.88. The normalized spacial score (nSPS) is 21.8. The van der Waals surface area contributed by atoms with E-state index in [4.69, 9.17) is 14.2 Å². The van der Waals surface area contributed by atoms with E-state index in [0.29, 0.717) is 17.6 Å². The molecule has 1 aliphatic heterocycles. The third-order valence-corrected chi connectivity index (χ3v) is 3.91. The summed E-state index contributed by atoms with van der Waals surface area (Å²) in [5, 5.41) is 2.59. The van der Waals surface area contributed by atoms with Crippen LogP contribution in [0.2, 0.25) is 0 Å². The van der Waals surface area contributed by atoms with Crippen LogP contribution in [-0.4, -0.2) is 56.2 Å². The summed E-state index contributed by atoms with van der Waals surface area (Å²) in [5.74, 6) is -0.900. The maximum absolute atomic E-state index is 11.4. The molecule has 11 nitrogen and oxygen atoms in total. The maximum Gasteiger partial charge on any atom is 0.303 e. The topological polar surface area (TPSA) is 135 Å². The minimum absolute atomic E-state index is 0.0392. The van der Waals surface area contributed by atoms with Crippen LogP contribution >= 0.6 is 0 Å². The summed E-state index contributed by atoms with van der Waals surface area (Å²) in [6, 6.07) is 0. The number of nitrogens with one attached hydrogen (secondary N) is 1. The van der Waals surface area contributed by atoms with E-state index in [9.17, 15) is 14.4 Å². The lowest BCUT2D eigenvalue weighted by Gasteiger charge is -2.17. The summed E-state index contributed by atoms with van der Waals surface area (Å²) in [4.78, 5) is 46.2. The van der Waals surface area contributed by atoms with Crippen molar-refractivity contribution in [3.63, 3.8) is 0 Å². The van der Waals surface area contributed by atoms with Gasteiger partial charge in [0.05, 0.1) is 6.33 Å². The number of rotatable bonds is 5. The highest BCUT2D eigenvalue weighted by atomic mass is 16.6. The monoisotopic (exact) mass is 377 g/mol. The molecule has 1 fully saturated rings. The van der Waals surface area contributed by atoms with Crippen molar-refractivity contribution in [2.45, 2.75) is 45.6 Å². The van der Waals surface area contributed by atoms with Crippen molar-refractivity contribution in [1.82, 2.24) is 19.5 Å². The van der Waals surface area contributed by atoms with Gasteiger partial charge in [-0.3, -0.25) is 19.0 Å². The Morgan fingerprint density at radius 1 is 1.22 bits per heavy atom. The smallest absolute Gasteiger partial charge is 0.303 e. The predicted molar refractivity (Wildman–Crippen MR) is 90.3 cm³/mol. The number of fused-ring (bicyclic) bond motifs is 1. The highest BCUT2D eigenvalue weighted by Gasteiger charge is 2.40. The molecular formula is C16H19N5O6. The SMILES string of the molecule is CC(=O)Nc1ncnc2c1ncn2[C@@H]1C[C@H](OC(C)=O)[C@H](COC(C)=O)O1. The number of carbonyl (C=O) groups excluding carboxylic acids is 3. The summed E-state index contributed by atoms with van der Waals surface area (Å²) in [6.45, 7) is 3.92. The van der Waals surface area contributed by atoms with Crippen molar-refractivity contribution in [1.29, 1.82) is 0 Å². The van der Waals surface area contributed by atoms with E-state index in [2.05, 4.69) is 20.3 Å². The zero-order chi connectivity index (χ0) is 19.6. The van der Waals surface area contributed by atoms with Crippen LogP contribution in [0.1, 0.15) is 33.4 Å². The number of aromatic nitrogens is 4. The number of imidazole rings is 1. The van der Waals surface area contributed by atoms with E-state index in [1.165, 1.54) is 33.4 Å². The third-order valence-electron chi connectivity index (χ3n) is 3.91. The molecule has 0 spiro atoms. The lowest BCUT2D eigenvalue weighted by Crippen LogP contribution is -2.31. The molecule has 0 aliphatic carbocycles. The van der Waals surface area contributed by atoms with E-state index in [0.717, 1.165) is 0 Å². The summed E-state index contributed by atoms with van der Waals surface area (Å²) >= 11 is 0. The first-order valence-corrected chi connectivity index (χ1v) is 8.26. The molecule has 0 bridgehead atoms. The Balaban J connectivity index is 1.86. The number of amides is 1. The number of esters is 2. The van der Waals surface area contributed by atoms with Crippen LogP contribution in [0.4, 0.5) is 5.82 Å². The van der Waals surface area contributed by atoms with Gasteiger partial charge in [-0.2, -0.15) is 0 Å². The average molecular weight is 377 g/mol. The molecule has 27 heavy (non-hydrogen) atoms. The van der Waals surface area contributed by atoms with Gasteiger partial charge in [-0.1, -0.05) is 0 Å². The van der Waals surface area contributed by atoms with Crippen molar-refractivity contribution in [3.8, 4) is 0 Å². The molecule has 1 amide bonds. The Kier molecular flexibility index (Phi) is 5.31. The molecule has 144 valence electrons. The summed E-state index contributed by atoms with van der Waals surface area (Å²) in [6.07, 6.45) is 1.41. The van der Waals surface area contributed by atoms with Crippen LogP contribution in [0.15, 0.2) is 12.7 Å². The van der Waals surface area contributed by atoms with Gasteiger partial charge in [0.2, 0.25) is 5.91 Å². The van der Waals surface area contributed by atoms with Crippen molar-refractivity contribution < 1.29 is 28.6 Å². The molecule has 11 heteroatoms. The minimum atomic E-state index is -0.614. The average Bonchev–Trinajstić information content (AvgIpc) is 3.16. The van der Waals surface area contributed by atoms with E-state index in [-0.39, 0.29) is 18.3 Å². The van der Waals surface area contributed by atoms with Crippen molar-refractivity contribution >= 4 is 34.8 Å². The van der Waals surface area contributed by atoms with E-state index >= 15 is 0 Å². The highest BCUT2D eigenvalue weighted by molar-refractivity contribution is 5.95. The number of ether oxygens (including phenoxy) is 3. The van der Waals surface area contributed by atoms with Gasteiger partial charge >= 0.3 is 11.9 Å². The van der Waals surface area contributed by atoms with Crippen LogP contribution in [0.5, 0.6) is 0 Å². The van der Waals surface area contributed by atoms with Crippen LogP contribution < -0.4 is 5.32 Å². The number of nitrogens with zero attached hydrogens (tertiary/aromatic N) is 4. The number of hydrogen-bond donors (Lipinski definition) is 1. The highest BCUT2D eigenvalue weighted by Crippen LogP contribution is 2.33. The van der Waals surface area contributed by atoms with E-state index in [1.807, 2.05) is 0 Å². The first-order chi connectivity index (χ1) is 12.8. The molecule has 3 rings (SSSR count). The molecule has 0 saturated carbocycles. The summed E-state index contributed by atoms with van der Waals surface area (Å²) in [5.41, 5.74) is 0.859. The third kappa shape index (κ3) is 4.19. The number of anilines is 1. The van der Waals surface area contributed by atoms with E-state index < -0.39 is 30.4 Å². The van der Waals surface area contributed by atoms with Gasteiger partial charge in [0, 0.05) is 27.2 Å². The van der Waals surface area contributed by atoms with Crippen molar-refractivity contribution in [2.24, 2.45) is 0 Å². The van der Waals surface area contributed by atoms with Crippen LogP contribution in [0, 0.1) is 0 Å². The Morgan fingerprint density at radius 3 is 2.67 bits per heavy atom. The first-order valence-electron chi connectivity index (χ1n) is 8.26. The first kappa shape index (κ1) is 18.7. The largest absolute Gasteiger partial charge is 0.463 e. The van der Waals surface area contributed by atoms with Gasteiger partial charge in [-0.25, -0.2) is 15.0 Å². The van der Waals surface area contributed by atoms with Gasteiger partial charge in [0.1, 0.15) is 31.4 Å². The van der Waals surface area contributed by atoms with E-state index in [1.54, 1.807) is 4.57 Å². The van der Waals surface area contributed by atoms with Gasteiger partial charge < -0.3 is 19.5 Å². The molecule has 0 radical (unpaired) electrons. The molecule has 0 unspecified atom stereocenters. The number of carbonyl (C=O) groups is 3. The van der Waals surface area contributed by atoms with Gasteiger partial charge in [0.25, 0.3) is 0 Å². The molecule has 3 atom stereocenters. The molecule has 3 heterocycles. The van der Waals surface area contributed by atoms with Gasteiger partial charge in [-0.05, 0) is 0 Å². The lowest BCUT2D eigenvalue weighted by molar-refractivity contribution is -0.155. The summed E-state index contributed by atoms with van der Waals surface area (Å²) in [7, 11) is 0. The zero-order valence-corrected chi connectivity index (χ0v) is 15.0. The molecule has 2 aromatic heterocycles. The summed E-state index contributed by atoms with van der Waals surface area (Å²) < 4.78 is 17.9. The quantitative estimate of drug-likeness (QED) is 0.742. The Bertz CT molecular complexity index is 881. The fourth-order valence-corrected chi connectivity index (χ4v) is 2.88. The zero-order valence-electron chi connectivity index (χ0n) is 15.0. The Hall–Kier alpha value is -3.08. The minimum Gasteiger partial charge on any atom is -0.463 e.